The molecule has 0 aromatic heterocycles. The van der Waals surface area contributed by atoms with Crippen molar-refractivity contribution in [3.05, 3.63) is 29.8 Å². The van der Waals surface area contributed by atoms with Gasteiger partial charge < -0.3 is 16.2 Å². The fraction of sp³-hybridized carbons (Fsp3) is 0.333. The molecule has 0 heterocycles. The van der Waals surface area contributed by atoms with E-state index in [9.17, 15) is 9.59 Å². The molecule has 0 aliphatic rings. The molecule has 2 amide bonds. The lowest BCUT2D eigenvalue weighted by molar-refractivity contribution is -0.119. The summed E-state index contributed by atoms with van der Waals surface area (Å²) in [4.78, 5) is 21.9. The van der Waals surface area contributed by atoms with Crippen molar-refractivity contribution in [2.75, 3.05) is 7.11 Å². The summed E-state index contributed by atoms with van der Waals surface area (Å²) in [7, 11) is 1.57. The molecule has 1 aromatic rings. The van der Waals surface area contributed by atoms with Gasteiger partial charge in [0, 0.05) is 18.8 Å². The number of benzene rings is 1. The molecule has 0 unspecified atom stereocenters. The summed E-state index contributed by atoms with van der Waals surface area (Å²) < 4.78 is 5.03. The first kappa shape index (κ1) is 13.0. The molecule has 0 fully saturated rings. The molecule has 5 heteroatoms. The van der Waals surface area contributed by atoms with E-state index in [0.717, 1.165) is 5.56 Å². The minimum atomic E-state index is -0.452. The predicted octanol–water partition coefficient (Wildman–Crippen LogP) is 0.530. The van der Waals surface area contributed by atoms with E-state index in [1.807, 2.05) is 0 Å². The van der Waals surface area contributed by atoms with Crippen LogP contribution < -0.4 is 16.2 Å². The molecule has 5 nitrogen and oxygen atoms in total. The third-order valence-corrected chi connectivity index (χ3v) is 2.48. The Morgan fingerprint density at radius 2 is 1.59 bits per heavy atom. The highest BCUT2D eigenvalue weighted by atomic mass is 16.5. The lowest BCUT2D eigenvalue weighted by Crippen LogP contribution is -2.20. The van der Waals surface area contributed by atoms with E-state index >= 15 is 0 Å². The minimum absolute atomic E-state index is 0.106. The van der Waals surface area contributed by atoms with E-state index in [1.165, 1.54) is 0 Å². The van der Waals surface area contributed by atoms with Gasteiger partial charge in [-0.25, -0.2) is 0 Å². The van der Waals surface area contributed by atoms with Gasteiger partial charge in [-0.15, -0.1) is 0 Å². The Bertz CT molecular complexity index is 385. The van der Waals surface area contributed by atoms with Crippen molar-refractivity contribution in [2.24, 2.45) is 11.5 Å². The van der Waals surface area contributed by atoms with Crippen LogP contribution in [-0.2, 0) is 9.59 Å². The zero-order chi connectivity index (χ0) is 12.8. The molecule has 0 saturated heterocycles. The quantitative estimate of drug-likeness (QED) is 0.754. The van der Waals surface area contributed by atoms with Crippen molar-refractivity contribution in [1.82, 2.24) is 0 Å². The highest BCUT2D eigenvalue weighted by molar-refractivity contribution is 5.78. The fourth-order valence-electron chi connectivity index (χ4n) is 1.67. The maximum atomic E-state index is 10.9. The Morgan fingerprint density at radius 1 is 1.12 bits per heavy atom. The number of carbonyl (C=O) groups excluding carboxylic acids is 2. The Labute approximate surface area is 99.7 Å². The van der Waals surface area contributed by atoms with Crippen molar-refractivity contribution >= 4 is 11.8 Å². The van der Waals surface area contributed by atoms with Gasteiger partial charge in [0.25, 0.3) is 0 Å². The molecule has 92 valence electrons. The number of ether oxygens (including phenoxy) is 1. The molecule has 17 heavy (non-hydrogen) atoms. The van der Waals surface area contributed by atoms with Crippen molar-refractivity contribution in [1.29, 1.82) is 0 Å². The van der Waals surface area contributed by atoms with E-state index in [0.29, 0.717) is 5.75 Å². The van der Waals surface area contributed by atoms with Crippen molar-refractivity contribution < 1.29 is 14.3 Å². The van der Waals surface area contributed by atoms with Crippen LogP contribution in [0.1, 0.15) is 24.3 Å². The lowest BCUT2D eigenvalue weighted by atomic mass is 9.92. The normalized spacial score (nSPS) is 10.2. The van der Waals surface area contributed by atoms with E-state index in [-0.39, 0.29) is 18.8 Å². The van der Waals surface area contributed by atoms with Crippen LogP contribution in [0, 0.1) is 0 Å². The number of nitrogens with two attached hydrogens (primary N) is 2. The lowest BCUT2D eigenvalue weighted by Gasteiger charge is -2.14. The number of carbonyl (C=O) groups is 2. The topological polar surface area (TPSA) is 95.4 Å². The SMILES string of the molecule is COc1ccc(C(CC(N)=O)CC(N)=O)cc1. The zero-order valence-corrected chi connectivity index (χ0v) is 9.68. The van der Waals surface area contributed by atoms with Gasteiger partial charge in [-0.05, 0) is 17.7 Å². The summed E-state index contributed by atoms with van der Waals surface area (Å²) >= 11 is 0. The first-order valence-electron chi connectivity index (χ1n) is 5.23. The van der Waals surface area contributed by atoms with Gasteiger partial charge in [0.1, 0.15) is 5.75 Å². The van der Waals surface area contributed by atoms with Gasteiger partial charge in [-0.1, -0.05) is 12.1 Å². The van der Waals surface area contributed by atoms with E-state index in [4.69, 9.17) is 16.2 Å². The van der Waals surface area contributed by atoms with E-state index in [1.54, 1.807) is 31.4 Å². The predicted molar refractivity (Wildman–Crippen MR) is 63.4 cm³/mol. The molecule has 0 bridgehead atoms. The molecule has 0 saturated carbocycles. The first-order valence-corrected chi connectivity index (χ1v) is 5.23. The number of hydrogen-bond donors (Lipinski definition) is 2. The number of hydrogen-bond acceptors (Lipinski definition) is 3. The summed E-state index contributed by atoms with van der Waals surface area (Å²) in [6.45, 7) is 0. The Kier molecular flexibility index (Phi) is 4.51. The highest BCUT2D eigenvalue weighted by Crippen LogP contribution is 2.25. The molecule has 0 aliphatic carbocycles. The summed E-state index contributed by atoms with van der Waals surface area (Å²) in [6, 6.07) is 7.14. The van der Waals surface area contributed by atoms with Gasteiger partial charge in [0.15, 0.2) is 0 Å². The average molecular weight is 236 g/mol. The monoisotopic (exact) mass is 236 g/mol. The number of rotatable bonds is 6. The van der Waals surface area contributed by atoms with Crippen molar-refractivity contribution in [3.63, 3.8) is 0 Å². The van der Waals surface area contributed by atoms with Crippen LogP contribution in [-0.4, -0.2) is 18.9 Å². The van der Waals surface area contributed by atoms with E-state index < -0.39 is 11.8 Å². The van der Waals surface area contributed by atoms with Gasteiger partial charge in [-0.2, -0.15) is 0 Å². The second kappa shape index (κ2) is 5.89. The molecule has 0 aliphatic heterocycles. The maximum Gasteiger partial charge on any atom is 0.218 e. The van der Waals surface area contributed by atoms with Crippen molar-refractivity contribution in [2.45, 2.75) is 18.8 Å². The maximum absolute atomic E-state index is 10.9. The van der Waals surface area contributed by atoms with Crippen LogP contribution >= 0.6 is 0 Å². The molecule has 0 atom stereocenters. The summed E-state index contributed by atoms with van der Waals surface area (Å²) in [5.74, 6) is -0.458. The Morgan fingerprint density at radius 3 is 1.94 bits per heavy atom. The number of amides is 2. The van der Waals surface area contributed by atoms with Crippen LogP contribution in [0.5, 0.6) is 5.75 Å². The highest BCUT2D eigenvalue weighted by Gasteiger charge is 2.17. The fourth-order valence-corrected chi connectivity index (χ4v) is 1.67. The van der Waals surface area contributed by atoms with Crippen LogP contribution in [0.2, 0.25) is 0 Å². The molecule has 4 N–H and O–H groups in total. The molecule has 1 aromatic carbocycles. The summed E-state index contributed by atoms with van der Waals surface area (Å²) in [6.07, 6.45) is 0.213. The molecule has 0 spiro atoms. The second-order valence-electron chi connectivity index (χ2n) is 3.81. The number of methoxy groups -OCH3 is 1. The standard InChI is InChI=1S/C12H16N2O3/c1-17-10-4-2-8(3-5-10)9(6-11(13)15)7-12(14)16/h2-5,9H,6-7H2,1H3,(H2,13,15)(H2,14,16). The number of primary amides is 2. The molecule has 1 rings (SSSR count). The summed E-state index contributed by atoms with van der Waals surface area (Å²) in [5.41, 5.74) is 11.1. The third-order valence-electron chi connectivity index (χ3n) is 2.48. The largest absolute Gasteiger partial charge is 0.497 e. The Balaban J connectivity index is 2.86. The molecular formula is C12H16N2O3. The minimum Gasteiger partial charge on any atom is -0.497 e. The van der Waals surface area contributed by atoms with Crippen LogP contribution in [0.4, 0.5) is 0 Å². The smallest absolute Gasteiger partial charge is 0.218 e. The van der Waals surface area contributed by atoms with Crippen LogP contribution in [0.25, 0.3) is 0 Å². The molecule has 0 radical (unpaired) electrons. The second-order valence-corrected chi connectivity index (χ2v) is 3.81. The van der Waals surface area contributed by atoms with Gasteiger partial charge in [0.2, 0.25) is 11.8 Å². The van der Waals surface area contributed by atoms with Crippen LogP contribution in [0.15, 0.2) is 24.3 Å². The van der Waals surface area contributed by atoms with E-state index in [2.05, 4.69) is 0 Å². The summed E-state index contributed by atoms with van der Waals surface area (Å²) in [5, 5.41) is 0. The van der Waals surface area contributed by atoms with Crippen LogP contribution in [0.3, 0.4) is 0 Å². The van der Waals surface area contributed by atoms with Gasteiger partial charge >= 0.3 is 0 Å². The van der Waals surface area contributed by atoms with Gasteiger partial charge in [-0.3, -0.25) is 9.59 Å². The van der Waals surface area contributed by atoms with Crippen molar-refractivity contribution in [3.8, 4) is 5.75 Å². The average Bonchev–Trinajstić information content (AvgIpc) is 2.27. The Hall–Kier alpha value is -2.04. The zero-order valence-electron chi connectivity index (χ0n) is 9.68. The first-order chi connectivity index (χ1) is 8.02. The van der Waals surface area contributed by atoms with Gasteiger partial charge in [0.05, 0.1) is 7.11 Å². The third kappa shape index (κ3) is 4.14. The molecular weight excluding hydrogens is 220 g/mol.